The molecule has 1 aliphatic carbocycles. The monoisotopic (exact) mass is 231 g/mol. The molecule has 2 heteroatoms. The molecule has 2 aliphatic rings. The molecule has 0 spiro atoms. The Morgan fingerprint density at radius 1 is 1.24 bits per heavy atom. The first kappa shape index (κ1) is 11.1. The highest BCUT2D eigenvalue weighted by Crippen LogP contribution is 2.40. The van der Waals surface area contributed by atoms with Crippen LogP contribution in [0.5, 0.6) is 5.75 Å². The Morgan fingerprint density at radius 3 is 2.82 bits per heavy atom. The fourth-order valence-electron chi connectivity index (χ4n) is 3.48. The van der Waals surface area contributed by atoms with E-state index in [9.17, 15) is 0 Å². The van der Waals surface area contributed by atoms with Gasteiger partial charge in [-0.15, -0.1) is 0 Å². The van der Waals surface area contributed by atoms with E-state index in [1.807, 2.05) is 0 Å². The average molecular weight is 231 g/mol. The fourth-order valence-corrected chi connectivity index (χ4v) is 3.48. The zero-order valence-corrected chi connectivity index (χ0v) is 10.5. The average Bonchev–Trinajstić information content (AvgIpc) is 2.91. The second-order valence-electron chi connectivity index (χ2n) is 5.35. The maximum Gasteiger partial charge on any atom is 0.119 e. The van der Waals surface area contributed by atoms with Gasteiger partial charge >= 0.3 is 0 Å². The maximum absolute atomic E-state index is 5.31. The summed E-state index contributed by atoms with van der Waals surface area (Å²) in [5, 5.41) is 3.56. The summed E-state index contributed by atoms with van der Waals surface area (Å²) in [7, 11) is 1.74. The molecule has 1 atom stereocenters. The van der Waals surface area contributed by atoms with Crippen molar-refractivity contribution in [3.63, 3.8) is 0 Å². The highest BCUT2D eigenvalue weighted by Gasteiger charge is 2.29. The summed E-state index contributed by atoms with van der Waals surface area (Å²) in [5.41, 5.74) is 3.00. The summed E-state index contributed by atoms with van der Waals surface area (Å²) in [5.74, 6) is 2.61. The summed E-state index contributed by atoms with van der Waals surface area (Å²) in [6.45, 7) is 2.15. The Hall–Kier alpha value is -1.02. The number of rotatable bonds is 2. The second kappa shape index (κ2) is 4.69. The molecule has 0 aromatic heterocycles. The third-order valence-electron chi connectivity index (χ3n) is 4.40. The summed E-state index contributed by atoms with van der Waals surface area (Å²) in [4.78, 5) is 0. The summed E-state index contributed by atoms with van der Waals surface area (Å²) in [6, 6.07) is 6.60. The van der Waals surface area contributed by atoms with Gasteiger partial charge in [0.25, 0.3) is 0 Å². The van der Waals surface area contributed by atoms with Crippen LogP contribution < -0.4 is 10.1 Å². The molecule has 1 N–H and O–H groups in total. The molecule has 1 fully saturated rings. The van der Waals surface area contributed by atoms with Crippen LogP contribution in [0.1, 0.15) is 42.7 Å². The van der Waals surface area contributed by atoms with E-state index in [0.717, 1.165) is 30.7 Å². The predicted octanol–water partition coefficient (Wildman–Crippen LogP) is 3.07. The van der Waals surface area contributed by atoms with Crippen LogP contribution >= 0.6 is 0 Å². The van der Waals surface area contributed by atoms with Crippen LogP contribution in [0.2, 0.25) is 0 Å². The van der Waals surface area contributed by atoms with Gasteiger partial charge in [-0.05, 0) is 47.9 Å². The van der Waals surface area contributed by atoms with E-state index in [1.54, 1.807) is 12.7 Å². The minimum atomic E-state index is 0.729. The lowest BCUT2D eigenvalue weighted by molar-refractivity contribution is 0.386. The third-order valence-corrected chi connectivity index (χ3v) is 4.40. The first-order valence-corrected chi connectivity index (χ1v) is 6.76. The standard InChI is InChI=1S/C15H21NO/c1-17-13-6-7-14-12(8-13)9-16-10-15(14)11-4-2-3-5-11/h6-8,11,15-16H,2-5,9-10H2,1H3. The lowest BCUT2D eigenvalue weighted by atomic mass is 9.80. The van der Waals surface area contributed by atoms with Crippen molar-refractivity contribution in [3.05, 3.63) is 29.3 Å². The number of hydrogen-bond donors (Lipinski definition) is 1. The van der Waals surface area contributed by atoms with Crippen LogP contribution in [-0.4, -0.2) is 13.7 Å². The molecule has 0 saturated heterocycles. The molecule has 17 heavy (non-hydrogen) atoms. The van der Waals surface area contributed by atoms with Crippen LogP contribution in [-0.2, 0) is 6.54 Å². The van der Waals surface area contributed by atoms with Gasteiger partial charge in [0, 0.05) is 13.1 Å². The van der Waals surface area contributed by atoms with Gasteiger partial charge in [0.2, 0.25) is 0 Å². The minimum Gasteiger partial charge on any atom is -0.497 e. The Kier molecular flexibility index (Phi) is 3.06. The first-order valence-electron chi connectivity index (χ1n) is 6.76. The van der Waals surface area contributed by atoms with Crippen molar-refractivity contribution in [3.8, 4) is 5.75 Å². The molecule has 0 amide bonds. The second-order valence-corrected chi connectivity index (χ2v) is 5.35. The van der Waals surface area contributed by atoms with Crippen LogP contribution in [0.15, 0.2) is 18.2 Å². The Labute approximate surface area is 103 Å². The molecule has 3 rings (SSSR count). The van der Waals surface area contributed by atoms with Gasteiger partial charge in [-0.2, -0.15) is 0 Å². The summed E-state index contributed by atoms with van der Waals surface area (Å²) >= 11 is 0. The number of nitrogens with one attached hydrogen (secondary N) is 1. The smallest absolute Gasteiger partial charge is 0.119 e. The van der Waals surface area contributed by atoms with Gasteiger partial charge in [-0.1, -0.05) is 18.9 Å². The molecule has 1 unspecified atom stereocenters. The molecular formula is C15H21NO. The number of hydrogen-bond acceptors (Lipinski definition) is 2. The SMILES string of the molecule is COc1ccc2c(c1)CNCC2C1CCCC1. The van der Waals surface area contributed by atoms with Crippen molar-refractivity contribution in [2.24, 2.45) is 5.92 Å². The van der Waals surface area contributed by atoms with E-state index in [0.29, 0.717) is 0 Å². The zero-order valence-electron chi connectivity index (χ0n) is 10.5. The van der Waals surface area contributed by atoms with Crippen molar-refractivity contribution in [1.29, 1.82) is 0 Å². The molecule has 1 aromatic rings. The van der Waals surface area contributed by atoms with Crippen molar-refractivity contribution in [2.75, 3.05) is 13.7 Å². The van der Waals surface area contributed by atoms with E-state index in [-0.39, 0.29) is 0 Å². The Bertz CT molecular complexity index is 396. The van der Waals surface area contributed by atoms with Gasteiger partial charge in [0.05, 0.1) is 7.11 Å². The number of ether oxygens (including phenoxy) is 1. The normalized spacial score (nSPS) is 24.6. The summed E-state index contributed by atoms with van der Waals surface area (Å²) in [6.07, 6.45) is 5.68. The van der Waals surface area contributed by atoms with Gasteiger partial charge in [-0.25, -0.2) is 0 Å². The third kappa shape index (κ3) is 2.06. The highest BCUT2D eigenvalue weighted by atomic mass is 16.5. The number of benzene rings is 1. The van der Waals surface area contributed by atoms with Gasteiger partial charge < -0.3 is 10.1 Å². The van der Waals surface area contributed by atoms with Gasteiger partial charge in [-0.3, -0.25) is 0 Å². The maximum atomic E-state index is 5.31. The number of methoxy groups -OCH3 is 1. The largest absolute Gasteiger partial charge is 0.497 e. The quantitative estimate of drug-likeness (QED) is 0.844. The molecule has 92 valence electrons. The Balaban J connectivity index is 1.90. The number of fused-ring (bicyclic) bond motifs is 1. The molecule has 1 aliphatic heterocycles. The van der Waals surface area contributed by atoms with Crippen LogP contribution in [0.25, 0.3) is 0 Å². The van der Waals surface area contributed by atoms with Gasteiger partial charge in [0.15, 0.2) is 0 Å². The van der Waals surface area contributed by atoms with E-state index >= 15 is 0 Å². The predicted molar refractivity (Wildman–Crippen MR) is 69.4 cm³/mol. The lowest BCUT2D eigenvalue weighted by Crippen LogP contribution is -2.31. The minimum absolute atomic E-state index is 0.729. The van der Waals surface area contributed by atoms with Crippen molar-refractivity contribution in [2.45, 2.75) is 38.1 Å². The molecule has 1 saturated carbocycles. The fraction of sp³-hybridized carbons (Fsp3) is 0.600. The summed E-state index contributed by atoms with van der Waals surface area (Å²) < 4.78 is 5.31. The van der Waals surface area contributed by atoms with E-state index in [1.165, 1.54) is 31.2 Å². The van der Waals surface area contributed by atoms with Crippen molar-refractivity contribution in [1.82, 2.24) is 5.32 Å². The Morgan fingerprint density at radius 2 is 2.06 bits per heavy atom. The lowest BCUT2D eigenvalue weighted by Gasteiger charge is -2.31. The zero-order chi connectivity index (χ0) is 11.7. The first-order chi connectivity index (χ1) is 8.38. The van der Waals surface area contributed by atoms with Crippen LogP contribution in [0.3, 0.4) is 0 Å². The molecule has 1 heterocycles. The van der Waals surface area contributed by atoms with Crippen LogP contribution in [0, 0.1) is 5.92 Å². The molecule has 1 aromatic carbocycles. The van der Waals surface area contributed by atoms with Gasteiger partial charge in [0.1, 0.15) is 5.75 Å². The topological polar surface area (TPSA) is 21.3 Å². The molecular weight excluding hydrogens is 210 g/mol. The van der Waals surface area contributed by atoms with Crippen molar-refractivity contribution < 1.29 is 4.74 Å². The van der Waals surface area contributed by atoms with E-state index in [4.69, 9.17) is 4.74 Å². The molecule has 0 bridgehead atoms. The van der Waals surface area contributed by atoms with E-state index < -0.39 is 0 Å². The molecule has 0 radical (unpaired) electrons. The van der Waals surface area contributed by atoms with Crippen LogP contribution in [0.4, 0.5) is 0 Å². The van der Waals surface area contributed by atoms with E-state index in [2.05, 4.69) is 23.5 Å². The molecule has 2 nitrogen and oxygen atoms in total. The van der Waals surface area contributed by atoms with Crippen molar-refractivity contribution >= 4 is 0 Å². The highest BCUT2D eigenvalue weighted by molar-refractivity contribution is 5.39.